The number of phenolic OH excluding ortho intramolecular Hbond substituents is 1. The van der Waals surface area contributed by atoms with Crippen molar-refractivity contribution < 1.29 is 10.0 Å². The Kier molecular flexibility index (Phi) is 3.74. The van der Waals surface area contributed by atoms with Crippen molar-refractivity contribution in [2.75, 3.05) is 0 Å². The molecule has 0 amide bonds. The van der Waals surface area contributed by atoms with E-state index in [-0.39, 0.29) is 16.5 Å². The highest BCUT2D eigenvalue weighted by Crippen LogP contribution is 2.39. The fourth-order valence-electron chi connectivity index (χ4n) is 1.43. The van der Waals surface area contributed by atoms with Crippen molar-refractivity contribution >= 4 is 29.1 Å². The Balaban J connectivity index is 2.40. The lowest BCUT2D eigenvalue weighted by Crippen LogP contribution is -1.91. The van der Waals surface area contributed by atoms with Crippen LogP contribution < -0.4 is 0 Å². The summed E-state index contributed by atoms with van der Waals surface area (Å²) in [4.78, 5) is 11.6. The molecule has 6 heteroatoms. The second-order valence-corrected chi connectivity index (χ2v) is 4.97. The number of nitro benzene ring substituents is 1. The van der Waals surface area contributed by atoms with Gasteiger partial charge in [0.2, 0.25) is 0 Å². The first-order chi connectivity index (χ1) is 8.58. The zero-order valence-electron chi connectivity index (χ0n) is 9.04. The molecule has 0 aliphatic rings. The van der Waals surface area contributed by atoms with E-state index in [1.54, 1.807) is 24.3 Å². The van der Waals surface area contributed by atoms with Crippen LogP contribution in [-0.2, 0) is 0 Å². The zero-order chi connectivity index (χ0) is 13.1. The number of rotatable bonds is 3. The summed E-state index contributed by atoms with van der Waals surface area (Å²) >= 11 is 7.00. The van der Waals surface area contributed by atoms with Crippen molar-refractivity contribution in [1.29, 1.82) is 0 Å². The maximum Gasteiger partial charge on any atom is 0.301 e. The van der Waals surface area contributed by atoms with Crippen LogP contribution in [0.2, 0.25) is 5.02 Å². The van der Waals surface area contributed by atoms with E-state index >= 15 is 0 Å². The average Bonchev–Trinajstić information content (AvgIpc) is 2.28. The van der Waals surface area contributed by atoms with Crippen LogP contribution in [0.25, 0.3) is 0 Å². The molecule has 0 fully saturated rings. The first kappa shape index (κ1) is 12.7. The van der Waals surface area contributed by atoms with E-state index in [0.29, 0.717) is 9.79 Å². The fraction of sp³-hybridized carbons (Fsp3) is 0. The Bertz CT molecular complexity index is 604. The summed E-state index contributed by atoms with van der Waals surface area (Å²) in [6.07, 6.45) is 0. The quantitative estimate of drug-likeness (QED) is 0.679. The molecule has 0 bridgehead atoms. The SMILES string of the molecule is O=[N+]([O-])c1c(Cl)cccc1Sc1cccc(O)c1. The number of phenols is 1. The molecule has 0 atom stereocenters. The molecular formula is C12H8ClNO3S. The van der Waals surface area contributed by atoms with Crippen LogP contribution in [0.1, 0.15) is 0 Å². The van der Waals surface area contributed by atoms with Gasteiger partial charge in [-0.05, 0) is 30.3 Å². The molecule has 0 aliphatic heterocycles. The summed E-state index contributed by atoms with van der Waals surface area (Å²) in [5.74, 6) is 0.115. The van der Waals surface area contributed by atoms with Crippen LogP contribution in [0.5, 0.6) is 5.75 Å². The molecule has 2 aromatic rings. The summed E-state index contributed by atoms with van der Waals surface area (Å²) in [7, 11) is 0. The van der Waals surface area contributed by atoms with E-state index in [0.717, 1.165) is 0 Å². The predicted molar refractivity (Wildman–Crippen MR) is 70.3 cm³/mol. The van der Waals surface area contributed by atoms with E-state index in [1.807, 2.05) is 0 Å². The molecule has 2 aromatic carbocycles. The minimum atomic E-state index is -0.506. The lowest BCUT2D eigenvalue weighted by molar-refractivity contribution is -0.387. The summed E-state index contributed by atoms with van der Waals surface area (Å²) in [6.45, 7) is 0. The van der Waals surface area contributed by atoms with Gasteiger partial charge in [-0.25, -0.2) is 0 Å². The normalized spacial score (nSPS) is 10.3. The number of hydrogen-bond donors (Lipinski definition) is 1. The molecule has 2 rings (SSSR count). The van der Waals surface area contributed by atoms with E-state index in [2.05, 4.69) is 0 Å². The molecule has 0 heterocycles. The highest BCUT2D eigenvalue weighted by Gasteiger charge is 2.19. The van der Waals surface area contributed by atoms with Gasteiger partial charge in [-0.2, -0.15) is 0 Å². The fourth-order valence-corrected chi connectivity index (χ4v) is 2.74. The first-order valence-corrected chi connectivity index (χ1v) is 6.17. The topological polar surface area (TPSA) is 63.4 Å². The van der Waals surface area contributed by atoms with Gasteiger partial charge in [0.05, 0.1) is 9.82 Å². The first-order valence-electron chi connectivity index (χ1n) is 4.97. The molecule has 0 spiro atoms. The second kappa shape index (κ2) is 5.29. The Morgan fingerprint density at radius 1 is 1.22 bits per heavy atom. The van der Waals surface area contributed by atoms with Gasteiger partial charge in [-0.3, -0.25) is 10.1 Å². The largest absolute Gasteiger partial charge is 0.508 e. The third kappa shape index (κ3) is 2.75. The molecule has 92 valence electrons. The number of nitrogens with zero attached hydrogens (tertiary/aromatic N) is 1. The van der Waals surface area contributed by atoms with Gasteiger partial charge in [0.15, 0.2) is 0 Å². The molecule has 0 saturated heterocycles. The minimum absolute atomic E-state index is 0.102. The Morgan fingerprint density at radius 2 is 1.94 bits per heavy atom. The molecule has 0 aliphatic carbocycles. The molecule has 0 radical (unpaired) electrons. The van der Waals surface area contributed by atoms with Gasteiger partial charge in [-0.15, -0.1) is 0 Å². The molecule has 0 aromatic heterocycles. The molecule has 18 heavy (non-hydrogen) atoms. The lowest BCUT2D eigenvalue weighted by Gasteiger charge is -2.04. The summed E-state index contributed by atoms with van der Waals surface area (Å²) < 4.78 is 0. The number of hydrogen-bond acceptors (Lipinski definition) is 4. The van der Waals surface area contributed by atoms with Crippen LogP contribution >= 0.6 is 23.4 Å². The zero-order valence-corrected chi connectivity index (χ0v) is 10.6. The molecular weight excluding hydrogens is 274 g/mol. The van der Waals surface area contributed by atoms with Gasteiger partial charge >= 0.3 is 5.69 Å². The highest BCUT2D eigenvalue weighted by atomic mass is 35.5. The van der Waals surface area contributed by atoms with Crippen molar-refractivity contribution in [3.05, 3.63) is 57.6 Å². The van der Waals surface area contributed by atoms with Gasteiger partial charge in [-0.1, -0.05) is 35.5 Å². The third-order valence-corrected chi connectivity index (χ3v) is 3.52. The van der Waals surface area contributed by atoms with Crippen molar-refractivity contribution in [3.8, 4) is 5.75 Å². The van der Waals surface area contributed by atoms with Gasteiger partial charge in [0.1, 0.15) is 10.8 Å². The van der Waals surface area contributed by atoms with Crippen LogP contribution in [-0.4, -0.2) is 10.0 Å². The van der Waals surface area contributed by atoms with Crippen LogP contribution in [0, 0.1) is 10.1 Å². The number of halogens is 1. The van der Waals surface area contributed by atoms with Gasteiger partial charge in [0, 0.05) is 4.90 Å². The number of nitro groups is 1. The predicted octanol–water partition coefficient (Wildman–Crippen LogP) is 4.11. The third-order valence-electron chi connectivity index (χ3n) is 2.18. The maximum absolute atomic E-state index is 11.0. The molecule has 4 nitrogen and oxygen atoms in total. The van der Waals surface area contributed by atoms with Crippen molar-refractivity contribution in [1.82, 2.24) is 0 Å². The van der Waals surface area contributed by atoms with E-state index in [9.17, 15) is 15.2 Å². The minimum Gasteiger partial charge on any atom is -0.508 e. The average molecular weight is 282 g/mol. The van der Waals surface area contributed by atoms with Crippen LogP contribution in [0.3, 0.4) is 0 Å². The number of para-hydroxylation sites is 1. The number of benzene rings is 2. The second-order valence-electron chi connectivity index (χ2n) is 3.44. The van der Waals surface area contributed by atoms with Crippen LogP contribution in [0.4, 0.5) is 5.69 Å². The monoisotopic (exact) mass is 281 g/mol. The maximum atomic E-state index is 11.0. The number of aromatic hydroxyl groups is 1. The van der Waals surface area contributed by atoms with Gasteiger partial charge < -0.3 is 5.11 Å². The van der Waals surface area contributed by atoms with E-state index in [4.69, 9.17) is 11.6 Å². The molecule has 0 saturated carbocycles. The summed E-state index contributed by atoms with van der Waals surface area (Å²) in [5, 5.41) is 20.4. The summed E-state index contributed by atoms with van der Waals surface area (Å²) in [6, 6.07) is 11.3. The summed E-state index contributed by atoms with van der Waals surface area (Å²) in [5.41, 5.74) is -0.118. The van der Waals surface area contributed by atoms with E-state index < -0.39 is 4.92 Å². The Hall–Kier alpha value is -1.72. The Labute approximate surface area is 112 Å². The molecule has 1 N–H and O–H groups in total. The van der Waals surface area contributed by atoms with Crippen molar-refractivity contribution in [2.45, 2.75) is 9.79 Å². The van der Waals surface area contributed by atoms with Crippen molar-refractivity contribution in [2.24, 2.45) is 0 Å². The standard InChI is InChI=1S/C12H8ClNO3S/c13-10-5-2-6-11(12(10)14(16)17)18-9-4-1-3-8(15)7-9/h1-7,15H. The van der Waals surface area contributed by atoms with Crippen LogP contribution in [0.15, 0.2) is 52.3 Å². The Morgan fingerprint density at radius 3 is 2.61 bits per heavy atom. The van der Waals surface area contributed by atoms with E-state index in [1.165, 1.54) is 30.0 Å². The van der Waals surface area contributed by atoms with Crippen molar-refractivity contribution in [3.63, 3.8) is 0 Å². The smallest absolute Gasteiger partial charge is 0.301 e. The van der Waals surface area contributed by atoms with Gasteiger partial charge in [0.25, 0.3) is 0 Å². The molecule has 0 unspecified atom stereocenters. The highest BCUT2D eigenvalue weighted by molar-refractivity contribution is 7.99. The lowest BCUT2D eigenvalue weighted by atomic mass is 10.3.